The molecule has 1 aromatic heterocycles. The number of hydrogen-bond acceptors (Lipinski definition) is 2. The molecule has 0 amide bonds. The Hall–Kier alpha value is -0.800. The monoisotopic (exact) mass is 257 g/mol. The lowest BCUT2D eigenvalue weighted by Crippen LogP contribution is -1.78. The summed E-state index contributed by atoms with van der Waals surface area (Å²) < 4.78 is 6.09. The van der Waals surface area contributed by atoms with Crippen molar-refractivity contribution in [3.05, 3.63) is 40.2 Å². The van der Waals surface area contributed by atoms with Gasteiger partial charge in [-0.15, -0.1) is 0 Å². The van der Waals surface area contributed by atoms with Crippen molar-refractivity contribution in [3.63, 3.8) is 0 Å². The summed E-state index contributed by atoms with van der Waals surface area (Å²) in [4.78, 5) is 4.02. The molecule has 0 saturated heterocycles. The zero-order valence-electron chi connectivity index (χ0n) is 6.50. The summed E-state index contributed by atoms with van der Waals surface area (Å²) in [6, 6.07) is 5.54. The molecule has 4 heteroatoms. The Kier molecular flexibility index (Phi) is 2.38. The number of rotatable bonds is 1. The first kappa shape index (κ1) is 8.78. The third-order valence-electron chi connectivity index (χ3n) is 1.59. The minimum Gasteiger partial charge on any atom is -0.444 e. The van der Waals surface area contributed by atoms with Crippen molar-refractivity contribution in [3.8, 4) is 11.5 Å². The Bertz CT molecular complexity index is 414. The van der Waals surface area contributed by atoms with E-state index >= 15 is 0 Å². The van der Waals surface area contributed by atoms with Crippen LogP contribution in [0.3, 0.4) is 0 Å². The van der Waals surface area contributed by atoms with E-state index in [4.69, 9.17) is 16.0 Å². The molecule has 0 N–H and O–H groups in total. The molecule has 13 heavy (non-hydrogen) atoms. The van der Waals surface area contributed by atoms with Crippen LogP contribution in [0.15, 0.2) is 39.5 Å². The van der Waals surface area contributed by atoms with Gasteiger partial charge in [-0.3, -0.25) is 0 Å². The molecule has 2 rings (SSSR count). The highest BCUT2D eigenvalue weighted by molar-refractivity contribution is 9.10. The first-order chi connectivity index (χ1) is 6.27. The van der Waals surface area contributed by atoms with Crippen molar-refractivity contribution in [2.75, 3.05) is 0 Å². The highest BCUT2D eigenvalue weighted by atomic mass is 79.9. The highest BCUT2D eigenvalue weighted by Crippen LogP contribution is 2.29. The van der Waals surface area contributed by atoms with Crippen LogP contribution in [-0.2, 0) is 0 Å². The molecule has 0 saturated carbocycles. The fraction of sp³-hybridized carbons (Fsp3) is 0. The van der Waals surface area contributed by atoms with Gasteiger partial charge < -0.3 is 4.42 Å². The van der Waals surface area contributed by atoms with Gasteiger partial charge in [-0.25, -0.2) is 4.98 Å². The van der Waals surface area contributed by atoms with Crippen LogP contribution in [0.5, 0.6) is 0 Å². The van der Waals surface area contributed by atoms with Crippen molar-refractivity contribution >= 4 is 27.5 Å². The molecule has 2 aromatic rings. The first-order valence-electron chi connectivity index (χ1n) is 3.62. The lowest BCUT2D eigenvalue weighted by atomic mass is 10.2. The van der Waals surface area contributed by atoms with E-state index in [1.165, 1.54) is 6.26 Å². The first-order valence-corrected chi connectivity index (χ1v) is 4.79. The fourth-order valence-corrected chi connectivity index (χ4v) is 1.58. The Morgan fingerprint density at radius 3 is 2.92 bits per heavy atom. The molecule has 0 atom stereocenters. The summed E-state index contributed by atoms with van der Waals surface area (Å²) in [6.45, 7) is 0. The molecule has 0 aliphatic heterocycles. The Balaban J connectivity index is 2.57. The lowest BCUT2D eigenvalue weighted by Gasteiger charge is -1.99. The van der Waals surface area contributed by atoms with Crippen LogP contribution in [0.4, 0.5) is 0 Å². The molecule has 0 radical (unpaired) electrons. The summed E-state index contributed by atoms with van der Waals surface area (Å²) in [5, 5.41) is 0.630. The van der Waals surface area contributed by atoms with Crippen LogP contribution >= 0.6 is 27.5 Å². The van der Waals surface area contributed by atoms with E-state index in [1.807, 2.05) is 12.1 Å². The predicted octanol–water partition coefficient (Wildman–Crippen LogP) is 3.76. The van der Waals surface area contributed by atoms with Crippen LogP contribution < -0.4 is 0 Å². The highest BCUT2D eigenvalue weighted by Gasteiger charge is 2.07. The molecule has 0 aliphatic carbocycles. The molecule has 1 aromatic carbocycles. The van der Waals surface area contributed by atoms with E-state index in [0.717, 1.165) is 10.0 Å². The molecule has 0 bridgehead atoms. The van der Waals surface area contributed by atoms with Gasteiger partial charge in [0.05, 0.1) is 16.8 Å². The zero-order valence-corrected chi connectivity index (χ0v) is 8.84. The van der Waals surface area contributed by atoms with Crippen molar-refractivity contribution in [1.29, 1.82) is 0 Å². The van der Waals surface area contributed by atoms with Crippen LogP contribution in [-0.4, -0.2) is 4.98 Å². The molecule has 0 fully saturated rings. The normalized spacial score (nSPS) is 10.3. The van der Waals surface area contributed by atoms with Crippen LogP contribution in [0.2, 0.25) is 5.02 Å². The van der Waals surface area contributed by atoms with Gasteiger partial charge >= 0.3 is 0 Å². The molecule has 0 aliphatic rings. The van der Waals surface area contributed by atoms with Crippen LogP contribution in [0, 0.1) is 0 Å². The predicted molar refractivity (Wildman–Crippen MR) is 54.6 cm³/mol. The second kappa shape index (κ2) is 3.52. The van der Waals surface area contributed by atoms with Gasteiger partial charge in [0.25, 0.3) is 0 Å². The SMILES string of the molecule is Clc1ccc(Br)cc1-c1ncco1. The summed E-state index contributed by atoms with van der Waals surface area (Å²) in [6.07, 6.45) is 3.11. The van der Waals surface area contributed by atoms with E-state index in [-0.39, 0.29) is 0 Å². The van der Waals surface area contributed by atoms with Gasteiger partial charge in [-0.05, 0) is 18.2 Å². The maximum absolute atomic E-state index is 5.97. The van der Waals surface area contributed by atoms with Gasteiger partial charge in [-0.1, -0.05) is 27.5 Å². The fourth-order valence-electron chi connectivity index (χ4n) is 1.02. The van der Waals surface area contributed by atoms with E-state index in [9.17, 15) is 0 Å². The van der Waals surface area contributed by atoms with Crippen molar-refractivity contribution < 1.29 is 4.42 Å². The number of oxazole rings is 1. The molecular weight excluding hydrogens is 253 g/mol. The molecular formula is C9H5BrClNO. The molecule has 66 valence electrons. The maximum atomic E-state index is 5.97. The van der Waals surface area contributed by atoms with Crippen LogP contribution in [0.25, 0.3) is 11.5 Å². The standard InChI is InChI=1S/C9H5BrClNO/c10-6-1-2-8(11)7(5-6)9-12-3-4-13-9/h1-5H. The second-order valence-corrected chi connectivity index (χ2v) is 3.78. The maximum Gasteiger partial charge on any atom is 0.227 e. The van der Waals surface area contributed by atoms with Crippen molar-refractivity contribution in [2.24, 2.45) is 0 Å². The Morgan fingerprint density at radius 2 is 2.23 bits per heavy atom. The smallest absolute Gasteiger partial charge is 0.227 e. The number of halogens is 2. The molecule has 0 spiro atoms. The van der Waals surface area contributed by atoms with E-state index in [2.05, 4.69) is 20.9 Å². The van der Waals surface area contributed by atoms with E-state index in [1.54, 1.807) is 12.3 Å². The van der Waals surface area contributed by atoms with Gasteiger partial charge in [0.15, 0.2) is 0 Å². The number of aromatic nitrogens is 1. The summed E-state index contributed by atoms with van der Waals surface area (Å²) >= 11 is 9.32. The number of nitrogens with zero attached hydrogens (tertiary/aromatic N) is 1. The van der Waals surface area contributed by atoms with Gasteiger partial charge in [-0.2, -0.15) is 0 Å². The molecule has 2 nitrogen and oxygen atoms in total. The quantitative estimate of drug-likeness (QED) is 0.778. The topological polar surface area (TPSA) is 26.0 Å². The average Bonchev–Trinajstić information content (AvgIpc) is 2.61. The van der Waals surface area contributed by atoms with Crippen LogP contribution in [0.1, 0.15) is 0 Å². The number of hydrogen-bond donors (Lipinski definition) is 0. The largest absolute Gasteiger partial charge is 0.444 e. The Labute approximate surface area is 88.7 Å². The molecule has 1 heterocycles. The van der Waals surface area contributed by atoms with Crippen molar-refractivity contribution in [1.82, 2.24) is 4.98 Å². The second-order valence-electron chi connectivity index (χ2n) is 2.46. The lowest BCUT2D eigenvalue weighted by molar-refractivity contribution is 0.574. The third-order valence-corrected chi connectivity index (χ3v) is 2.41. The summed E-state index contributed by atoms with van der Waals surface area (Å²) in [5.41, 5.74) is 0.793. The number of benzene rings is 1. The third kappa shape index (κ3) is 1.76. The van der Waals surface area contributed by atoms with Gasteiger partial charge in [0, 0.05) is 4.47 Å². The van der Waals surface area contributed by atoms with Gasteiger partial charge in [0.2, 0.25) is 5.89 Å². The Morgan fingerprint density at radius 1 is 1.38 bits per heavy atom. The minimum atomic E-state index is 0.534. The summed E-state index contributed by atoms with van der Waals surface area (Å²) in [7, 11) is 0. The van der Waals surface area contributed by atoms with E-state index in [0.29, 0.717) is 10.9 Å². The van der Waals surface area contributed by atoms with E-state index < -0.39 is 0 Å². The zero-order chi connectivity index (χ0) is 9.26. The minimum absolute atomic E-state index is 0.534. The van der Waals surface area contributed by atoms with Gasteiger partial charge in [0.1, 0.15) is 6.26 Å². The summed E-state index contributed by atoms with van der Waals surface area (Å²) in [5.74, 6) is 0.534. The molecule has 0 unspecified atom stereocenters. The average molecular weight is 259 g/mol. The van der Waals surface area contributed by atoms with Crippen molar-refractivity contribution in [2.45, 2.75) is 0 Å².